The third-order valence-corrected chi connectivity index (χ3v) is 5.80. The van der Waals surface area contributed by atoms with Gasteiger partial charge in [0.05, 0.1) is 5.69 Å². The molecule has 0 spiro atoms. The number of aromatic nitrogens is 1. The molecule has 2 N–H and O–H groups in total. The average Bonchev–Trinajstić information content (AvgIpc) is 3.18. The van der Waals surface area contributed by atoms with Gasteiger partial charge in [-0.3, -0.25) is 0 Å². The van der Waals surface area contributed by atoms with Gasteiger partial charge in [-0.05, 0) is 31.6 Å². The van der Waals surface area contributed by atoms with Crippen molar-refractivity contribution in [3.8, 4) is 0 Å². The van der Waals surface area contributed by atoms with Crippen LogP contribution in [0.25, 0.3) is 0 Å². The van der Waals surface area contributed by atoms with Crippen LogP contribution in [0.1, 0.15) is 51.1 Å². The summed E-state index contributed by atoms with van der Waals surface area (Å²) in [6.45, 7) is 5.18. The standard InChI is InChI=1S/C17H28N4OS/c1-13-5-4-6-14(11-13)19-16(22)18-8-7-15-12-23-17(20-15)21-9-2-3-10-21/h12-14H,2-11H2,1H3,(H2,18,19,22)/t13-,14-/m1/s1. The Morgan fingerprint density at radius 2 is 2.17 bits per heavy atom. The molecule has 2 aliphatic rings. The number of carbonyl (C=O) groups excluding carboxylic acids is 1. The molecule has 1 saturated heterocycles. The number of nitrogens with one attached hydrogen (secondary N) is 2. The predicted octanol–water partition coefficient (Wildman–Crippen LogP) is 3.16. The molecule has 128 valence electrons. The maximum Gasteiger partial charge on any atom is 0.315 e. The largest absolute Gasteiger partial charge is 0.348 e. The van der Waals surface area contributed by atoms with Crippen LogP contribution in [0.15, 0.2) is 5.38 Å². The average molecular weight is 337 g/mol. The molecular formula is C17H28N4OS. The van der Waals surface area contributed by atoms with E-state index in [0.717, 1.165) is 49.1 Å². The zero-order chi connectivity index (χ0) is 16.1. The van der Waals surface area contributed by atoms with Crippen LogP contribution >= 0.6 is 11.3 Å². The summed E-state index contributed by atoms with van der Waals surface area (Å²) in [5.74, 6) is 0.730. The van der Waals surface area contributed by atoms with Crippen molar-refractivity contribution in [2.45, 2.75) is 57.9 Å². The summed E-state index contributed by atoms with van der Waals surface area (Å²) >= 11 is 1.72. The minimum atomic E-state index is -0.0286. The van der Waals surface area contributed by atoms with Gasteiger partial charge in [0.2, 0.25) is 0 Å². The van der Waals surface area contributed by atoms with Crippen molar-refractivity contribution < 1.29 is 4.79 Å². The van der Waals surface area contributed by atoms with Gasteiger partial charge >= 0.3 is 6.03 Å². The number of carbonyl (C=O) groups is 1. The molecule has 1 aromatic rings. The lowest BCUT2D eigenvalue weighted by atomic mass is 9.87. The molecule has 0 radical (unpaired) electrons. The second kappa shape index (κ2) is 7.99. The Labute approximate surface area is 142 Å². The first-order valence-electron chi connectivity index (χ1n) is 8.94. The van der Waals surface area contributed by atoms with E-state index in [2.05, 4.69) is 32.8 Å². The van der Waals surface area contributed by atoms with Crippen molar-refractivity contribution in [2.24, 2.45) is 5.92 Å². The van der Waals surface area contributed by atoms with E-state index >= 15 is 0 Å². The van der Waals surface area contributed by atoms with Crippen LogP contribution in [0.2, 0.25) is 0 Å². The molecule has 2 amide bonds. The van der Waals surface area contributed by atoms with Crippen LogP contribution in [-0.4, -0.2) is 36.7 Å². The van der Waals surface area contributed by atoms with Gasteiger partial charge in [0.1, 0.15) is 0 Å². The lowest BCUT2D eigenvalue weighted by Crippen LogP contribution is -2.44. The molecule has 0 aromatic carbocycles. The Kier molecular flexibility index (Phi) is 5.75. The summed E-state index contributed by atoms with van der Waals surface area (Å²) in [4.78, 5) is 19.0. The lowest BCUT2D eigenvalue weighted by Gasteiger charge is -2.27. The number of nitrogens with zero attached hydrogens (tertiary/aromatic N) is 2. The van der Waals surface area contributed by atoms with Gasteiger partial charge < -0.3 is 15.5 Å². The Morgan fingerprint density at radius 3 is 2.96 bits per heavy atom. The molecule has 1 saturated carbocycles. The molecule has 3 rings (SSSR count). The van der Waals surface area contributed by atoms with E-state index in [0.29, 0.717) is 12.6 Å². The molecule has 5 nitrogen and oxygen atoms in total. The van der Waals surface area contributed by atoms with E-state index in [1.807, 2.05) is 0 Å². The van der Waals surface area contributed by atoms with Crippen molar-refractivity contribution in [1.82, 2.24) is 15.6 Å². The second-order valence-corrected chi connectivity index (χ2v) is 7.77. The Morgan fingerprint density at radius 1 is 1.35 bits per heavy atom. The highest BCUT2D eigenvalue weighted by molar-refractivity contribution is 7.13. The summed E-state index contributed by atoms with van der Waals surface area (Å²) in [7, 11) is 0. The molecule has 2 atom stereocenters. The Bertz CT molecular complexity index is 512. The molecule has 2 fully saturated rings. The molecule has 1 aromatic heterocycles. The number of rotatable bonds is 5. The van der Waals surface area contributed by atoms with Crippen molar-refractivity contribution in [3.05, 3.63) is 11.1 Å². The minimum absolute atomic E-state index is 0.0286. The van der Waals surface area contributed by atoms with Crippen molar-refractivity contribution in [3.63, 3.8) is 0 Å². The van der Waals surface area contributed by atoms with E-state index < -0.39 is 0 Å². The first-order valence-corrected chi connectivity index (χ1v) is 9.82. The summed E-state index contributed by atoms with van der Waals surface area (Å²) in [6.07, 6.45) is 8.10. The minimum Gasteiger partial charge on any atom is -0.348 e. The SMILES string of the molecule is C[C@@H]1CCC[C@@H](NC(=O)NCCc2csc(N3CCCC3)n2)C1. The fraction of sp³-hybridized carbons (Fsp3) is 0.765. The summed E-state index contributed by atoms with van der Waals surface area (Å²) < 4.78 is 0. The number of amides is 2. The van der Waals surface area contributed by atoms with Gasteiger partial charge in [0, 0.05) is 37.5 Å². The van der Waals surface area contributed by atoms with Gasteiger partial charge in [0.15, 0.2) is 5.13 Å². The van der Waals surface area contributed by atoms with Gasteiger partial charge in [-0.25, -0.2) is 9.78 Å². The predicted molar refractivity (Wildman–Crippen MR) is 95.2 cm³/mol. The highest BCUT2D eigenvalue weighted by atomic mass is 32.1. The fourth-order valence-corrected chi connectivity index (χ4v) is 4.48. The molecule has 0 unspecified atom stereocenters. The van der Waals surface area contributed by atoms with Crippen LogP contribution < -0.4 is 15.5 Å². The van der Waals surface area contributed by atoms with Gasteiger partial charge in [-0.1, -0.05) is 19.8 Å². The van der Waals surface area contributed by atoms with Crippen LogP contribution in [0.4, 0.5) is 9.93 Å². The van der Waals surface area contributed by atoms with Crippen LogP contribution in [0.3, 0.4) is 0 Å². The third kappa shape index (κ3) is 4.83. The zero-order valence-electron chi connectivity index (χ0n) is 14.0. The highest BCUT2D eigenvalue weighted by Gasteiger charge is 2.20. The lowest BCUT2D eigenvalue weighted by molar-refractivity contribution is 0.227. The third-order valence-electron chi connectivity index (χ3n) is 4.85. The van der Waals surface area contributed by atoms with Crippen LogP contribution in [0, 0.1) is 5.92 Å². The Hall–Kier alpha value is -1.30. The number of thiazole rings is 1. The monoisotopic (exact) mass is 336 g/mol. The normalized spacial score (nSPS) is 24.7. The maximum absolute atomic E-state index is 12.0. The molecule has 0 bridgehead atoms. The number of hydrogen-bond donors (Lipinski definition) is 2. The van der Waals surface area contributed by atoms with Gasteiger partial charge in [-0.2, -0.15) is 0 Å². The van der Waals surface area contributed by atoms with E-state index in [4.69, 9.17) is 0 Å². The number of hydrogen-bond acceptors (Lipinski definition) is 4. The molecule has 1 aliphatic heterocycles. The van der Waals surface area contributed by atoms with E-state index in [9.17, 15) is 4.79 Å². The molecule has 2 heterocycles. The number of anilines is 1. The van der Waals surface area contributed by atoms with E-state index in [1.54, 1.807) is 11.3 Å². The Balaban J connectivity index is 1.36. The zero-order valence-corrected chi connectivity index (χ0v) is 14.8. The maximum atomic E-state index is 12.0. The van der Waals surface area contributed by atoms with Crippen molar-refractivity contribution in [2.75, 3.05) is 24.5 Å². The van der Waals surface area contributed by atoms with Crippen molar-refractivity contribution in [1.29, 1.82) is 0 Å². The van der Waals surface area contributed by atoms with Crippen LogP contribution in [-0.2, 0) is 6.42 Å². The summed E-state index contributed by atoms with van der Waals surface area (Å²) in [5.41, 5.74) is 1.09. The second-order valence-electron chi connectivity index (χ2n) is 6.93. The molecule has 23 heavy (non-hydrogen) atoms. The smallest absolute Gasteiger partial charge is 0.315 e. The quantitative estimate of drug-likeness (QED) is 0.868. The first kappa shape index (κ1) is 16.6. The first-order chi connectivity index (χ1) is 11.2. The van der Waals surface area contributed by atoms with Crippen molar-refractivity contribution >= 4 is 22.5 Å². The van der Waals surface area contributed by atoms with Gasteiger partial charge in [-0.15, -0.1) is 11.3 Å². The number of urea groups is 1. The van der Waals surface area contributed by atoms with E-state index in [-0.39, 0.29) is 6.03 Å². The molecule has 6 heteroatoms. The van der Waals surface area contributed by atoms with E-state index in [1.165, 1.54) is 25.7 Å². The summed E-state index contributed by atoms with van der Waals surface area (Å²) in [5, 5.41) is 9.34. The summed E-state index contributed by atoms with van der Waals surface area (Å²) in [6, 6.07) is 0.318. The highest BCUT2D eigenvalue weighted by Crippen LogP contribution is 2.24. The molecular weight excluding hydrogens is 308 g/mol. The fourth-order valence-electron chi connectivity index (χ4n) is 3.57. The van der Waals surface area contributed by atoms with Crippen LogP contribution in [0.5, 0.6) is 0 Å². The molecule has 1 aliphatic carbocycles. The topological polar surface area (TPSA) is 57.3 Å². The van der Waals surface area contributed by atoms with Gasteiger partial charge in [0.25, 0.3) is 0 Å².